The van der Waals surface area contributed by atoms with Gasteiger partial charge in [0, 0.05) is 18.3 Å². The maximum Gasteiger partial charge on any atom is 0.248 e. The van der Waals surface area contributed by atoms with E-state index in [-0.39, 0.29) is 16.6 Å². The number of amides is 1. The number of rotatable bonds is 8. The fraction of sp³-hybridized carbons (Fsp3) is 0.167. The van der Waals surface area contributed by atoms with Crippen LogP contribution >= 0.6 is 0 Å². The molecule has 2 aromatic rings. The van der Waals surface area contributed by atoms with Gasteiger partial charge in [0.15, 0.2) is 0 Å². The Morgan fingerprint density at radius 3 is 2.14 bits per heavy atom. The SMILES string of the molecule is CCNS(=O)(=O)c1ccc(/C=C/C(=O)Nc2ccc(CS(N)(=O)=O)cc2)cc1. The first kappa shape index (κ1) is 21.8. The second-order valence-electron chi connectivity index (χ2n) is 5.90. The van der Waals surface area contributed by atoms with Crippen LogP contribution in [0, 0.1) is 0 Å². The molecule has 2 rings (SSSR count). The first-order valence-electron chi connectivity index (χ1n) is 8.27. The Bertz CT molecular complexity index is 1060. The van der Waals surface area contributed by atoms with Gasteiger partial charge >= 0.3 is 0 Å². The lowest BCUT2D eigenvalue weighted by Gasteiger charge is -2.05. The Labute approximate surface area is 164 Å². The van der Waals surface area contributed by atoms with E-state index in [1.807, 2.05) is 0 Å². The molecule has 0 bridgehead atoms. The van der Waals surface area contributed by atoms with Crippen LogP contribution in [0.15, 0.2) is 59.5 Å². The molecule has 1 amide bonds. The van der Waals surface area contributed by atoms with Crippen LogP contribution in [0.5, 0.6) is 0 Å². The van der Waals surface area contributed by atoms with Gasteiger partial charge in [-0.2, -0.15) is 0 Å². The number of carbonyl (C=O) groups is 1. The third-order valence-corrected chi connectivity index (χ3v) is 5.84. The van der Waals surface area contributed by atoms with Gasteiger partial charge in [0.2, 0.25) is 26.0 Å². The molecule has 0 spiro atoms. The van der Waals surface area contributed by atoms with Crippen LogP contribution < -0.4 is 15.2 Å². The summed E-state index contributed by atoms with van der Waals surface area (Å²) in [6.45, 7) is 1.99. The number of hydrogen-bond donors (Lipinski definition) is 3. The summed E-state index contributed by atoms with van der Waals surface area (Å²) in [5.41, 5.74) is 1.68. The van der Waals surface area contributed by atoms with E-state index in [0.717, 1.165) is 0 Å². The number of benzene rings is 2. The summed E-state index contributed by atoms with van der Waals surface area (Å²) in [5.74, 6) is -0.663. The standard InChI is InChI=1S/C18H21N3O5S2/c1-2-20-28(25,26)17-10-5-14(6-11-17)7-12-18(22)21-16-8-3-15(4-9-16)13-27(19,23)24/h3-12,20H,2,13H2,1H3,(H,21,22)(H2,19,23,24)/b12-7+. The zero-order valence-corrected chi connectivity index (χ0v) is 16.8. The molecule has 0 unspecified atom stereocenters. The monoisotopic (exact) mass is 423 g/mol. The predicted octanol–water partition coefficient (Wildman–Crippen LogP) is 1.43. The van der Waals surface area contributed by atoms with Crippen molar-refractivity contribution < 1.29 is 21.6 Å². The highest BCUT2D eigenvalue weighted by molar-refractivity contribution is 7.89. The maximum absolute atomic E-state index is 12.0. The minimum Gasteiger partial charge on any atom is -0.323 e. The molecule has 0 aliphatic rings. The van der Waals surface area contributed by atoms with Crippen molar-refractivity contribution in [2.24, 2.45) is 5.14 Å². The van der Waals surface area contributed by atoms with E-state index in [1.54, 1.807) is 49.4 Å². The molecule has 0 atom stereocenters. The van der Waals surface area contributed by atoms with Crippen LogP contribution in [0.3, 0.4) is 0 Å². The number of nitrogens with one attached hydrogen (secondary N) is 2. The number of anilines is 1. The zero-order valence-electron chi connectivity index (χ0n) is 15.1. The Hall–Kier alpha value is -2.53. The van der Waals surface area contributed by atoms with Gasteiger partial charge in [0.05, 0.1) is 10.6 Å². The van der Waals surface area contributed by atoms with Gasteiger partial charge in [-0.05, 0) is 41.5 Å². The quantitative estimate of drug-likeness (QED) is 0.552. The van der Waals surface area contributed by atoms with Crippen LogP contribution in [0.4, 0.5) is 5.69 Å². The third-order valence-electron chi connectivity index (χ3n) is 3.54. The Morgan fingerprint density at radius 1 is 1.00 bits per heavy atom. The molecule has 10 heteroatoms. The molecule has 0 fully saturated rings. The van der Waals surface area contributed by atoms with Crippen molar-refractivity contribution >= 4 is 37.7 Å². The second-order valence-corrected chi connectivity index (χ2v) is 9.28. The van der Waals surface area contributed by atoms with E-state index in [0.29, 0.717) is 23.4 Å². The number of carbonyl (C=O) groups excluding carboxylic acids is 1. The highest BCUT2D eigenvalue weighted by Gasteiger charge is 2.11. The second kappa shape index (κ2) is 9.11. The Balaban J connectivity index is 1.98. The molecule has 8 nitrogen and oxygen atoms in total. The van der Waals surface area contributed by atoms with Crippen molar-refractivity contribution in [1.82, 2.24) is 4.72 Å². The lowest BCUT2D eigenvalue weighted by atomic mass is 10.2. The molecular weight excluding hydrogens is 402 g/mol. The number of sulfonamides is 2. The molecule has 0 aromatic heterocycles. The number of primary sulfonamides is 1. The fourth-order valence-corrected chi connectivity index (χ4v) is 4.00. The Morgan fingerprint density at radius 2 is 1.61 bits per heavy atom. The molecule has 28 heavy (non-hydrogen) atoms. The van der Waals surface area contributed by atoms with Gasteiger partial charge in [-0.3, -0.25) is 4.79 Å². The fourth-order valence-electron chi connectivity index (χ4n) is 2.30. The van der Waals surface area contributed by atoms with Crippen molar-refractivity contribution in [1.29, 1.82) is 0 Å². The van der Waals surface area contributed by atoms with Crippen LogP contribution in [-0.2, 0) is 30.6 Å². The summed E-state index contributed by atoms with van der Waals surface area (Å²) in [5, 5.41) is 7.63. The molecular formula is C18H21N3O5S2. The van der Waals surface area contributed by atoms with E-state index >= 15 is 0 Å². The van der Waals surface area contributed by atoms with Crippen LogP contribution in [0.25, 0.3) is 6.08 Å². The summed E-state index contributed by atoms with van der Waals surface area (Å²) < 4.78 is 48.3. The van der Waals surface area contributed by atoms with E-state index in [9.17, 15) is 21.6 Å². The number of nitrogens with two attached hydrogens (primary N) is 1. The largest absolute Gasteiger partial charge is 0.323 e. The average Bonchev–Trinajstić information content (AvgIpc) is 2.61. The third kappa shape index (κ3) is 6.89. The molecule has 0 aliphatic carbocycles. The summed E-state index contributed by atoms with van der Waals surface area (Å²) in [6, 6.07) is 12.4. The zero-order chi connectivity index (χ0) is 20.8. The van der Waals surface area contributed by atoms with Crippen LogP contribution in [0.2, 0.25) is 0 Å². The van der Waals surface area contributed by atoms with Gasteiger partial charge in [-0.1, -0.05) is 31.2 Å². The topological polar surface area (TPSA) is 135 Å². The smallest absolute Gasteiger partial charge is 0.248 e. The highest BCUT2D eigenvalue weighted by Crippen LogP contribution is 2.13. The highest BCUT2D eigenvalue weighted by atomic mass is 32.2. The van der Waals surface area contributed by atoms with Gasteiger partial charge in [-0.15, -0.1) is 0 Å². The van der Waals surface area contributed by atoms with E-state index in [4.69, 9.17) is 5.14 Å². The van der Waals surface area contributed by atoms with Crippen molar-refractivity contribution in [3.63, 3.8) is 0 Å². The van der Waals surface area contributed by atoms with Crippen LogP contribution in [-0.4, -0.2) is 29.3 Å². The van der Waals surface area contributed by atoms with Gasteiger partial charge in [0.25, 0.3) is 0 Å². The molecule has 150 valence electrons. The maximum atomic E-state index is 12.0. The van der Waals surface area contributed by atoms with E-state index < -0.39 is 20.0 Å². The summed E-state index contributed by atoms with van der Waals surface area (Å²) in [4.78, 5) is 12.1. The lowest BCUT2D eigenvalue weighted by Crippen LogP contribution is -2.22. The van der Waals surface area contributed by atoms with Crippen molar-refractivity contribution in [3.05, 3.63) is 65.7 Å². The first-order chi connectivity index (χ1) is 13.1. The van der Waals surface area contributed by atoms with Crippen molar-refractivity contribution in [2.45, 2.75) is 17.6 Å². The Kier molecular flexibility index (Phi) is 7.08. The molecule has 4 N–H and O–H groups in total. The van der Waals surface area contributed by atoms with E-state index in [1.165, 1.54) is 18.2 Å². The van der Waals surface area contributed by atoms with Crippen molar-refractivity contribution in [2.75, 3.05) is 11.9 Å². The molecule has 0 radical (unpaired) electrons. The minimum absolute atomic E-state index is 0.149. The molecule has 0 aliphatic heterocycles. The summed E-state index contributed by atoms with van der Waals surface area (Å²) in [6.07, 6.45) is 2.86. The summed E-state index contributed by atoms with van der Waals surface area (Å²) >= 11 is 0. The molecule has 2 aromatic carbocycles. The van der Waals surface area contributed by atoms with Gasteiger partial charge < -0.3 is 5.32 Å². The van der Waals surface area contributed by atoms with Crippen molar-refractivity contribution in [3.8, 4) is 0 Å². The van der Waals surface area contributed by atoms with Crippen LogP contribution in [0.1, 0.15) is 18.1 Å². The first-order valence-corrected chi connectivity index (χ1v) is 11.5. The average molecular weight is 424 g/mol. The normalized spacial score (nSPS) is 12.2. The predicted molar refractivity (Wildman–Crippen MR) is 108 cm³/mol. The summed E-state index contributed by atoms with van der Waals surface area (Å²) in [7, 11) is -7.12. The molecule has 0 saturated carbocycles. The van der Waals surface area contributed by atoms with E-state index in [2.05, 4.69) is 10.0 Å². The van der Waals surface area contributed by atoms with Gasteiger partial charge in [-0.25, -0.2) is 26.7 Å². The lowest BCUT2D eigenvalue weighted by molar-refractivity contribution is -0.111. The minimum atomic E-state index is -3.61. The number of hydrogen-bond acceptors (Lipinski definition) is 5. The molecule has 0 saturated heterocycles. The van der Waals surface area contributed by atoms with Gasteiger partial charge in [0.1, 0.15) is 0 Å². The molecule has 0 heterocycles.